The lowest BCUT2D eigenvalue weighted by molar-refractivity contribution is 0.297. The van der Waals surface area contributed by atoms with Gasteiger partial charge < -0.3 is 19.3 Å². The molecule has 3 aliphatic rings. The summed E-state index contributed by atoms with van der Waals surface area (Å²) in [4.78, 5) is 4.99. The number of hydrogen-bond acceptors (Lipinski definition) is 4. The fourth-order valence-corrected chi connectivity index (χ4v) is 8.74. The number of fused-ring (bicyclic) bond motifs is 6. The topological polar surface area (TPSA) is 24.9 Å². The van der Waals surface area contributed by atoms with Crippen molar-refractivity contribution in [2.45, 2.75) is 85.0 Å². The van der Waals surface area contributed by atoms with Crippen LogP contribution in [0.3, 0.4) is 0 Å². The minimum absolute atomic E-state index is 0.0291. The van der Waals surface area contributed by atoms with E-state index in [9.17, 15) is 0 Å². The number of hydrogen-bond donors (Lipinski definition) is 0. The molecule has 0 saturated carbocycles. The molecule has 4 nitrogen and oxygen atoms in total. The van der Waals surface area contributed by atoms with Crippen molar-refractivity contribution in [3.8, 4) is 22.6 Å². The summed E-state index contributed by atoms with van der Waals surface area (Å²) in [6, 6.07) is 45.7. The molecule has 3 aliphatic heterocycles. The first-order valence-corrected chi connectivity index (χ1v) is 20.3. The molecular formula is C51H53BN2O2. The lowest BCUT2D eigenvalue weighted by Crippen LogP contribution is -2.61. The SMILES string of the molecule is CC(C)(C)c1ccc(N2c3ccc(C(C)(C)C)cc3B3c4ccc5c(c4N(c4ccc(C(C)(C)C)cc4)c4cc(-c6ccccc6)cc2c43)OCCCO5)cc1. The van der Waals surface area contributed by atoms with E-state index in [0.717, 1.165) is 40.7 Å². The van der Waals surface area contributed by atoms with Gasteiger partial charge in [-0.25, -0.2) is 0 Å². The smallest absolute Gasteiger partial charge is 0.252 e. The van der Waals surface area contributed by atoms with E-state index in [1.54, 1.807) is 0 Å². The van der Waals surface area contributed by atoms with E-state index >= 15 is 0 Å². The Bertz CT molecular complexity index is 2450. The molecule has 0 bridgehead atoms. The highest BCUT2D eigenvalue weighted by Crippen LogP contribution is 2.51. The average Bonchev–Trinajstić information content (AvgIpc) is 3.43. The van der Waals surface area contributed by atoms with Crippen LogP contribution >= 0.6 is 0 Å². The molecule has 6 aromatic carbocycles. The molecule has 0 fully saturated rings. The van der Waals surface area contributed by atoms with E-state index in [1.165, 1.54) is 55.6 Å². The van der Waals surface area contributed by atoms with Crippen LogP contribution in [0.4, 0.5) is 34.1 Å². The molecule has 0 atom stereocenters. The van der Waals surface area contributed by atoms with Crippen molar-refractivity contribution in [3.05, 3.63) is 138 Å². The average molecular weight is 737 g/mol. The summed E-state index contributed by atoms with van der Waals surface area (Å²) < 4.78 is 13.2. The summed E-state index contributed by atoms with van der Waals surface area (Å²) in [5.74, 6) is 1.63. The van der Waals surface area contributed by atoms with Crippen molar-refractivity contribution in [1.82, 2.24) is 0 Å². The second-order valence-electron chi connectivity index (χ2n) is 18.9. The van der Waals surface area contributed by atoms with Gasteiger partial charge in [0.05, 0.1) is 18.9 Å². The number of benzene rings is 6. The Morgan fingerprint density at radius 2 is 1.04 bits per heavy atom. The minimum Gasteiger partial charge on any atom is -0.489 e. The Balaban J connectivity index is 1.40. The maximum absolute atomic E-state index is 6.77. The Morgan fingerprint density at radius 1 is 0.482 bits per heavy atom. The minimum atomic E-state index is -0.0375. The first kappa shape index (κ1) is 36.2. The first-order valence-electron chi connectivity index (χ1n) is 20.3. The van der Waals surface area contributed by atoms with Crippen molar-refractivity contribution in [2.75, 3.05) is 23.0 Å². The molecule has 0 amide bonds. The maximum Gasteiger partial charge on any atom is 0.252 e. The molecule has 0 saturated heterocycles. The maximum atomic E-state index is 6.77. The van der Waals surface area contributed by atoms with Gasteiger partial charge in [0.2, 0.25) is 0 Å². The number of anilines is 6. The fourth-order valence-electron chi connectivity index (χ4n) is 8.74. The van der Waals surface area contributed by atoms with Crippen LogP contribution in [0.1, 0.15) is 85.4 Å². The van der Waals surface area contributed by atoms with Crippen LogP contribution in [-0.2, 0) is 16.2 Å². The molecule has 6 aromatic rings. The molecule has 9 rings (SSSR count). The van der Waals surface area contributed by atoms with Crippen LogP contribution in [0.25, 0.3) is 11.1 Å². The van der Waals surface area contributed by atoms with E-state index in [2.05, 4.69) is 193 Å². The lowest BCUT2D eigenvalue weighted by Gasteiger charge is -2.45. The summed E-state index contributed by atoms with van der Waals surface area (Å²) in [5.41, 5.74) is 17.0. The zero-order chi connectivity index (χ0) is 39.1. The van der Waals surface area contributed by atoms with Crippen molar-refractivity contribution in [2.24, 2.45) is 0 Å². The Morgan fingerprint density at radius 3 is 1.64 bits per heavy atom. The largest absolute Gasteiger partial charge is 0.489 e. The second-order valence-corrected chi connectivity index (χ2v) is 18.9. The molecule has 5 heteroatoms. The van der Waals surface area contributed by atoms with Gasteiger partial charge in [-0.05, 0) is 109 Å². The van der Waals surface area contributed by atoms with Gasteiger partial charge >= 0.3 is 0 Å². The fraction of sp³-hybridized carbons (Fsp3) is 0.294. The van der Waals surface area contributed by atoms with Gasteiger partial charge in [0.25, 0.3) is 6.71 Å². The molecule has 3 heterocycles. The monoisotopic (exact) mass is 736 g/mol. The van der Waals surface area contributed by atoms with E-state index in [4.69, 9.17) is 9.47 Å². The molecule has 56 heavy (non-hydrogen) atoms. The summed E-state index contributed by atoms with van der Waals surface area (Å²) >= 11 is 0. The van der Waals surface area contributed by atoms with Crippen molar-refractivity contribution < 1.29 is 9.47 Å². The first-order chi connectivity index (χ1) is 26.7. The molecule has 282 valence electrons. The standard InChI is InChI=1S/C51H53BN2O2/c1-49(2,3)35-16-21-38(22-17-35)53-42-26-20-37(51(7,8)9)32-41(42)52-40-25-27-45-48(56-29-13-28-55-45)47(40)54(39-23-18-36(19-24-39)50(4,5)6)44-31-34(30-43(53)46(44)52)33-14-11-10-12-15-33/h10-12,14-27,30-32H,13,28-29H2,1-9H3. The zero-order valence-electron chi connectivity index (χ0n) is 34.5. The van der Waals surface area contributed by atoms with E-state index in [1.807, 2.05) is 0 Å². The molecule has 0 spiro atoms. The van der Waals surface area contributed by atoms with Crippen LogP contribution in [0.2, 0.25) is 0 Å². The zero-order valence-corrected chi connectivity index (χ0v) is 34.5. The lowest BCUT2D eigenvalue weighted by atomic mass is 9.33. The quantitative estimate of drug-likeness (QED) is 0.169. The van der Waals surface area contributed by atoms with Gasteiger partial charge in [0.1, 0.15) is 0 Å². The summed E-state index contributed by atoms with van der Waals surface area (Å²) in [5, 5.41) is 0. The Hall–Kier alpha value is -5.42. The molecule has 0 aliphatic carbocycles. The summed E-state index contributed by atoms with van der Waals surface area (Å²) in [7, 11) is 0. The second kappa shape index (κ2) is 13.1. The number of nitrogens with zero attached hydrogens (tertiary/aromatic N) is 2. The number of ether oxygens (including phenoxy) is 2. The van der Waals surface area contributed by atoms with Gasteiger partial charge in [-0.1, -0.05) is 135 Å². The summed E-state index contributed by atoms with van der Waals surface area (Å²) in [6.07, 6.45) is 0.840. The van der Waals surface area contributed by atoms with Crippen LogP contribution in [0, 0.1) is 0 Å². The predicted octanol–water partition coefficient (Wildman–Crippen LogP) is 11.5. The Kier molecular flexibility index (Phi) is 8.47. The third-order valence-electron chi connectivity index (χ3n) is 11.9. The molecule has 0 radical (unpaired) electrons. The van der Waals surface area contributed by atoms with Gasteiger partial charge in [-0.15, -0.1) is 0 Å². The van der Waals surface area contributed by atoms with Crippen LogP contribution < -0.4 is 35.7 Å². The highest BCUT2D eigenvalue weighted by molar-refractivity contribution is 7.00. The third-order valence-corrected chi connectivity index (χ3v) is 11.9. The molecular weight excluding hydrogens is 683 g/mol. The van der Waals surface area contributed by atoms with E-state index in [-0.39, 0.29) is 23.0 Å². The number of rotatable bonds is 3. The summed E-state index contributed by atoms with van der Waals surface area (Å²) in [6.45, 7) is 21.8. The normalized spacial score (nSPS) is 14.8. The highest BCUT2D eigenvalue weighted by atomic mass is 16.5. The molecule has 0 unspecified atom stereocenters. The van der Waals surface area contributed by atoms with E-state index in [0.29, 0.717) is 13.2 Å². The third kappa shape index (κ3) is 6.07. The van der Waals surface area contributed by atoms with Crippen LogP contribution in [0.15, 0.2) is 121 Å². The van der Waals surface area contributed by atoms with Gasteiger partial charge in [0.15, 0.2) is 11.5 Å². The van der Waals surface area contributed by atoms with Gasteiger partial charge in [-0.2, -0.15) is 0 Å². The molecule has 0 aromatic heterocycles. The van der Waals surface area contributed by atoms with Gasteiger partial charge in [0, 0.05) is 34.9 Å². The highest BCUT2D eigenvalue weighted by Gasteiger charge is 2.46. The van der Waals surface area contributed by atoms with Crippen LogP contribution in [0.5, 0.6) is 11.5 Å². The van der Waals surface area contributed by atoms with Crippen LogP contribution in [-0.4, -0.2) is 19.9 Å². The Labute approximate surface area is 334 Å². The van der Waals surface area contributed by atoms with Gasteiger partial charge in [-0.3, -0.25) is 0 Å². The van der Waals surface area contributed by atoms with Crippen molar-refractivity contribution in [1.29, 1.82) is 0 Å². The van der Waals surface area contributed by atoms with Crippen molar-refractivity contribution >= 4 is 57.2 Å². The van der Waals surface area contributed by atoms with Crippen molar-refractivity contribution in [3.63, 3.8) is 0 Å². The predicted molar refractivity (Wildman–Crippen MR) is 238 cm³/mol. The molecule has 0 N–H and O–H groups in total. The van der Waals surface area contributed by atoms with E-state index < -0.39 is 0 Å².